The highest BCUT2D eigenvalue weighted by atomic mass is 35.5. The molecular weight excluding hydrogens is 376 g/mol. The van der Waals surface area contributed by atoms with Crippen molar-refractivity contribution >= 4 is 29.3 Å². The van der Waals surface area contributed by atoms with Gasteiger partial charge in [0, 0.05) is 10.6 Å². The lowest BCUT2D eigenvalue weighted by atomic mass is 10.2. The van der Waals surface area contributed by atoms with Crippen LogP contribution < -0.4 is 9.47 Å². The summed E-state index contributed by atoms with van der Waals surface area (Å²) in [6.45, 7) is 2.48. The molecule has 0 N–H and O–H groups in total. The Balaban J connectivity index is 1.53. The third kappa shape index (κ3) is 5.00. The van der Waals surface area contributed by atoms with Crippen LogP contribution in [0.25, 0.3) is 11.5 Å². The molecule has 2 aromatic carbocycles. The summed E-state index contributed by atoms with van der Waals surface area (Å²) >= 11 is 7.05. The van der Waals surface area contributed by atoms with Crippen LogP contribution in [0.5, 0.6) is 11.5 Å². The Kier molecular flexibility index (Phi) is 6.14. The molecule has 0 saturated carbocycles. The third-order valence-corrected chi connectivity index (χ3v) is 4.19. The molecule has 0 aliphatic heterocycles. The summed E-state index contributed by atoms with van der Waals surface area (Å²) in [6.07, 6.45) is 0. The zero-order valence-corrected chi connectivity index (χ0v) is 15.4. The zero-order valence-electron chi connectivity index (χ0n) is 13.8. The zero-order chi connectivity index (χ0) is 18.4. The van der Waals surface area contributed by atoms with Crippen molar-refractivity contribution in [3.05, 3.63) is 53.6 Å². The van der Waals surface area contributed by atoms with Crippen molar-refractivity contribution in [2.45, 2.75) is 12.1 Å². The first-order valence-electron chi connectivity index (χ1n) is 7.80. The molecule has 0 saturated heterocycles. The Morgan fingerprint density at radius 3 is 2.65 bits per heavy atom. The summed E-state index contributed by atoms with van der Waals surface area (Å²) in [7, 11) is 0. The number of nitrogens with zero attached hydrogens (tertiary/aromatic N) is 2. The van der Waals surface area contributed by atoms with Gasteiger partial charge in [-0.2, -0.15) is 0 Å². The van der Waals surface area contributed by atoms with Crippen molar-refractivity contribution in [3.63, 3.8) is 0 Å². The fourth-order valence-corrected chi connectivity index (χ4v) is 2.79. The van der Waals surface area contributed by atoms with Crippen molar-refractivity contribution in [2.24, 2.45) is 0 Å². The molecule has 0 spiro atoms. The third-order valence-electron chi connectivity index (χ3n) is 3.16. The summed E-state index contributed by atoms with van der Waals surface area (Å²) in [5.41, 5.74) is 0.716. The van der Waals surface area contributed by atoms with Gasteiger partial charge in [0.1, 0.15) is 17.3 Å². The number of hydrogen-bond acceptors (Lipinski definition) is 7. The summed E-state index contributed by atoms with van der Waals surface area (Å²) in [4.78, 5) is 11.9. The average molecular weight is 391 g/mol. The first-order chi connectivity index (χ1) is 12.6. The molecule has 26 heavy (non-hydrogen) atoms. The minimum Gasteiger partial charge on any atom is -0.494 e. The van der Waals surface area contributed by atoms with Crippen molar-refractivity contribution in [2.75, 3.05) is 12.4 Å². The molecule has 8 heteroatoms. The molecule has 0 aliphatic carbocycles. The van der Waals surface area contributed by atoms with Crippen LogP contribution in [0.4, 0.5) is 0 Å². The SMILES string of the molecule is CCOc1ccc(OC(=O)CSc2nnc(-c3cccc(Cl)c3)o2)cc1. The van der Waals surface area contributed by atoms with Gasteiger partial charge in [-0.15, -0.1) is 10.2 Å². The highest BCUT2D eigenvalue weighted by Crippen LogP contribution is 2.25. The molecule has 0 atom stereocenters. The highest BCUT2D eigenvalue weighted by Gasteiger charge is 2.13. The molecule has 0 bridgehead atoms. The van der Waals surface area contributed by atoms with Gasteiger partial charge in [-0.1, -0.05) is 29.4 Å². The molecule has 6 nitrogen and oxygen atoms in total. The molecule has 1 aromatic heterocycles. The summed E-state index contributed by atoms with van der Waals surface area (Å²) in [5, 5.41) is 8.73. The Morgan fingerprint density at radius 2 is 1.92 bits per heavy atom. The molecule has 3 rings (SSSR count). The lowest BCUT2D eigenvalue weighted by molar-refractivity contribution is -0.131. The normalized spacial score (nSPS) is 10.5. The molecule has 0 amide bonds. The van der Waals surface area contributed by atoms with E-state index in [9.17, 15) is 4.79 Å². The summed E-state index contributed by atoms with van der Waals surface area (Å²) < 4.78 is 16.1. The topological polar surface area (TPSA) is 74.5 Å². The second kappa shape index (κ2) is 8.73. The van der Waals surface area contributed by atoms with Crippen LogP contribution >= 0.6 is 23.4 Å². The summed E-state index contributed by atoms with van der Waals surface area (Å²) in [6, 6.07) is 13.9. The van der Waals surface area contributed by atoms with Gasteiger partial charge in [-0.05, 0) is 49.4 Å². The van der Waals surface area contributed by atoms with E-state index in [1.54, 1.807) is 42.5 Å². The molecule has 3 aromatic rings. The van der Waals surface area contributed by atoms with E-state index in [-0.39, 0.29) is 11.0 Å². The van der Waals surface area contributed by atoms with E-state index in [1.165, 1.54) is 0 Å². The molecular formula is C18H15ClN2O4S. The van der Waals surface area contributed by atoms with Crippen molar-refractivity contribution in [3.8, 4) is 23.0 Å². The van der Waals surface area contributed by atoms with Gasteiger partial charge in [-0.3, -0.25) is 4.79 Å². The van der Waals surface area contributed by atoms with Crippen molar-refractivity contribution in [1.82, 2.24) is 10.2 Å². The van der Waals surface area contributed by atoms with Crippen LogP contribution in [0.3, 0.4) is 0 Å². The predicted molar refractivity (Wildman–Crippen MR) is 98.7 cm³/mol. The smallest absolute Gasteiger partial charge is 0.321 e. The lowest BCUT2D eigenvalue weighted by Crippen LogP contribution is -2.10. The van der Waals surface area contributed by atoms with Crippen LogP contribution in [-0.4, -0.2) is 28.5 Å². The number of aromatic nitrogens is 2. The monoisotopic (exact) mass is 390 g/mol. The van der Waals surface area contributed by atoms with Crippen molar-refractivity contribution < 1.29 is 18.7 Å². The molecule has 134 valence electrons. The van der Waals surface area contributed by atoms with Crippen molar-refractivity contribution in [1.29, 1.82) is 0 Å². The number of hydrogen-bond donors (Lipinski definition) is 0. The molecule has 0 aliphatic rings. The average Bonchev–Trinajstić information content (AvgIpc) is 3.11. The first kappa shape index (κ1) is 18.3. The van der Waals surface area contributed by atoms with Gasteiger partial charge >= 0.3 is 5.97 Å². The number of carbonyl (C=O) groups excluding carboxylic acids is 1. The quantitative estimate of drug-likeness (QED) is 0.334. The highest BCUT2D eigenvalue weighted by molar-refractivity contribution is 7.99. The van der Waals surface area contributed by atoms with Gasteiger partial charge in [0.25, 0.3) is 5.22 Å². The predicted octanol–water partition coefficient (Wildman–Crippen LogP) is 4.49. The van der Waals surface area contributed by atoms with Gasteiger partial charge in [0.05, 0.1) is 6.61 Å². The first-order valence-corrected chi connectivity index (χ1v) is 9.16. The fourth-order valence-electron chi connectivity index (χ4n) is 2.06. The van der Waals surface area contributed by atoms with Crippen LogP contribution in [0.2, 0.25) is 5.02 Å². The largest absolute Gasteiger partial charge is 0.494 e. The molecule has 0 radical (unpaired) electrons. The minimum atomic E-state index is -0.415. The van der Waals surface area contributed by atoms with Crippen LogP contribution in [0.1, 0.15) is 6.92 Å². The Bertz CT molecular complexity index is 883. The number of rotatable bonds is 7. The fraction of sp³-hybridized carbons (Fsp3) is 0.167. The van der Waals surface area contributed by atoms with Crippen LogP contribution in [0.15, 0.2) is 58.2 Å². The van der Waals surface area contributed by atoms with Gasteiger partial charge < -0.3 is 13.9 Å². The van der Waals surface area contributed by atoms with E-state index in [4.69, 9.17) is 25.5 Å². The number of esters is 1. The Hall–Kier alpha value is -2.51. The van der Waals surface area contributed by atoms with Gasteiger partial charge in [0.2, 0.25) is 5.89 Å². The van der Waals surface area contributed by atoms with E-state index in [0.29, 0.717) is 28.8 Å². The number of halogens is 1. The molecule has 1 heterocycles. The maximum Gasteiger partial charge on any atom is 0.321 e. The lowest BCUT2D eigenvalue weighted by Gasteiger charge is -2.05. The van der Waals surface area contributed by atoms with E-state index >= 15 is 0 Å². The second-order valence-corrected chi connectivity index (χ2v) is 6.41. The van der Waals surface area contributed by atoms with E-state index in [2.05, 4.69) is 10.2 Å². The molecule has 0 fully saturated rings. The maximum absolute atomic E-state index is 11.9. The number of thioether (sulfide) groups is 1. The second-order valence-electron chi connectivity index (χ2n) is 5.05. The van der Waals surface area contributed by atoms with Gasteiger partial charge in [0.15, 0.2) is 0 Å². The number of benzene rings is 2. The van der Waals surface area contributed by atoms with E-state index in [1.807, 2.05) is 13.0 Å². The maximum atomic E-state index is 11.9. The summed E-state index contributed by atoms with van der Waals surface area (Å²) in [5.74, 6) is 1.14. The standard InChI is InChI=1S/C18H15ClN2O4S/c1-2-23-14-6-8-15(9-7-14)24-16(22)11-26-18-21-20-17(25-18)12-4-3-5-13(19)10-12/h3-10H,2,11H2,1H3. The van der Waals surface area contributed by atoms with E-state index < -0.39 is 5.97 Å². The number of ether oxygens (including phenoxy) is 2. The number of carbonyl (C=O) groups is 1. The Morgan fingerprint density at radius 1 is 1.15 bits per heavy atom. The van der Waals surface area contributed by atoms with Gasteiger partial charge in [-0.25, -0.2) is 0 Å². The Labute approximate surface area is 159 Å². The minimum absolute atomic E-state index is 0.0460. The molecule has 0 unspecified atom stereocenters. The van der Waals surface area contributed by atoms with E-state index in [0.717, 1.165) is 17.5 Å². The van der Waals surface area contributed by atoms with Crippen LogP contribution in [-0.2, 0) is 4.79 Å². The van der Waals surface area contributed by atoms with Crippen LogP contribution in [0, 0.1) is 0 Å².